The number of aromatic nitrogens is 1. The first-order valence-electron chi connectivity index (χ1n) is 5.79. The Bertz CT molecular complexity index is 568. The molecule has 0 aliphatic carbocycles. The molecule has 2 nitrogen and oxygen atoms in total. The van der Waals surface area contributed by atoms with E-state index in [2.05, 4.69) is 21.3 Å². The molecule has 5 heteroatoms. The van der Waals surface area contributed by atoms with Crippen LogP contribution in [0, 0.1) is 0 Å². The predicted octanol–water partition coefficient (Wildman–Crippen LogP) is 4.10. The standard InChI is InChI=1S/C13H12Cl2N2S/c14-7-11-10(15)1-2-13(16-11)17-5-3-12-9(8-17)4-6-18-12/h1-2,4,6H,3,5,7-8H2. The highest BCUT2D eigenvalue weighted by Crippen LogP contribution is 2.28. The van der Waals surface area contributed by atoms with Gasteiger partial charge in [0, 0.05) is 18.0 Å². The van der Waals surface area contributed by atoms with Crippen molar-refractivity contribution in [2.24, 2.45) is 0 Å². The maximum Gasteiger partial charge on any atom is 0.129 e. The van der Waals surface area contributed by atoms with Crippen LogP contribution in [0.15, 0.2) is 23.6 Å². The summed E-state index contributed by atoms with van der Waals surface area (Å²) < 4.78 is 0. The van der Waals surface area contributed by atoms with E-state index in [0.29, 0.717) is 10.9 Å². The highest BCUT2D eigenvalue weighted by molar-refractivity contribution is 7.10. The second-order valence-electron chi connectivity index (χ2n) is 4.27. The SMILES string of the molecule is ClCc1nc(N2CCc3sccc3C2)ccc1Cl. The van der Waals surface area contributed by atoms with E-state index in [-0.39, 0.29) is 0 Å². The van der Waals surface area contributed by atoms with Crippen LogP contribution in [0.4, 0.5) is 5.82 Å². The molecule has 3 rings (SSSR count). The van der Waals surface area contributed by atoms with E-state index in [1.54, 1.807) is 0 Å². The number of anilines is 1. The quantitative estimate of drug-likeness (QED) is 0.776. The highest BCUT2D eigenvalue weighted by Gasteiger charge is 2.18. The highest BCUT2D eigenvalue weighted by atomic mass is 35.5. The molecular formula is C13H12Cl2N2S. The number of nitrogens with zero attached hydrogens (tertiary/aromatic N) is 2. The second-order valence-corrected chi connectivity index (χ2v) is 5.95. The van der Waals surface area contributed by atoms with Crippen LogP contribution in [0.1, 0.15) is 16.1 Å². The van der Waals surface area contributed by atoms with Crippen LogP contribution < -0.4 is 4.90 Å². The summed E-state index contributed by atoms with van der Waals surface area (Å²) >= 11 is 13.7. The Labute approximate surface area is 120 Å². The molecule has 0 spiro atoms. The molecule has 0 atom stereocenters. The number of alkyl halides is 1. The summed E-state index contributed by atoms with van der Waals surface area (Å²) in [4.78, 5) is 8.31. The van der Waals surface area contributed by atoms with Gasteiger partial charge < -0.3 is 4.90 Å². The van der Waals surface area contributed by atoms with E-state index in [0.717, 1.165) is 31.0 Å². The van der Waals surface area contributed by atoms with Crippen molar-refractivity contribution in [3.63, 3.8) is 0 Å². The largest absolute Gasteiger partial charge is 0.352 e. The number of hydrogen-bond acceptors (Lipinski definition) is 3. The minimum atomic E-state index is 0.351. The molecule has 0 saturated carbocycles. The van der Waals surface area contributed by atoms with E-state index in [9.17, 15) is 0 Å². The van der Waals surface area contributed by atoms with Gasteiger partial charge in [-0.1, -0.05) is 11.6 Å². The molecule has 0 aromatic carbocycles. The third-order valence-corrected chi connectivity index (χ3v) is 4.78. The zero-order chi connectivity index (χ0) is 12.5. The van der Waals surface area contributed by atoms with Crippen LogP contribution in [-0.4, -0.2) is 11.5 Å². The van der Waals surface area contributed by atoms with Crippen molar-refractivity contribution in [2.45, 2.75) is 18.8 Å². The second kappa shape index (κ2) is 5.08. The number of hydrogen-bond donors (Lipinski definition) is 0. The van der Waals surface area contributed by atoms with Gasteiger partial charge in [0.2, 0.25) is 0 Å². The molecule has 1 aliphatic rings. The van der Waals surface area contributed by atoms with E-state index < -0.39 is 0 Å². The van der Waals surface area contributed by atoms with Gasteiger partial charge in [0.05, 0.1) is 16.6 Å². The Morgan fingerprint density at radius 1 is 1.33 bits per heavy atom. The molecule has 0 radical (unpaired) electrons. The fourth-order valence-electron chi connectivity index (χ4n) is 2.19. The average molecular weight is 299 g/mol. The lowest BCUT2D eigenvalue weighted by Crippen LogP contribution is -2.30. The van der Waals surface area contributed by atoms with Crippen molar-refractivity contribution in [1.82, 2.24) is 4.98 Å². The van der Waals surface area contributed by atoms with E-state index in [1.807, 2.05) is 23.5 Å². The van der Waals surface area contributed by atoms with Crippen LogP contribution >= 0.6 is 34.5 Å². The van der Waals surface area contributed by atoms with Gasteiger partial charge in [0.25, 0.3) is 0 Å². The molecule has 18 heavy (non-hydrogen) atoms. The minimum absolute atomic E-state index is 0.351. The molecule has 0 bridgehead atoms. The molecule has 1 aliphatic heterocycles. The van der Waals surface area contributed by atoms with Crippen molar-refractivity contribution < 1.29 is 0 Å². The Morgan fingerprint density at radius 2 is 2.22 bits per heavy atom. The van der Waals surface area contributed by atoms with E-state index in [4.69, 9.17) is 23.2 Å². The lowest BCUT2D eigenvalue weighted by atomic mass is 10.1. The van der Waals surface area contributed by atoms with Gasteiger partial charge in [-0.3, -0.25) is 0 Å². The summed E-state index contributed by atoms with van der Waals surface area (Å²) in [5.41, 5.74) is 2.17. The molecule has 0 N–H and O–H groups in total. The zero-order valence-corrected chi connectivity index (χ0v) is 12.0. The maximum absolute atomic E-state index is 6.04. The molecule has 0 amide bonds. The van der Waals surface area contributed by atoms with Gasteiger partial charge >= 0.3 is 0 Å². The number of thiophene rings is 1. The number of pyridine rings is 1. The van der Waals surface area contributed by atoms with Gasteiger partial charge in [0.1, 0.15) is 5.82 Å². The van der Waals surface area contributed by atoms with Crippen LogP contribution in [0.5, 0.6) is 0 Å². The van der Waals surface area contributed by atoms with Gasteiger partial charge in [-0.15, -0.1) is 22.9 Å². The van der Waals surface area contributed by atoms with E-state index in [1.165, 1.54) is 10.4 Å². The topological polar surface area (TPSA) is 16.1 Å². The number of rotatable bonds is 2. The third-order valence-electron chi connectivity index (χ3n) is 3.16. The Kier molecular flexibility index (Phi) is 3.46. The maximum atomic E-state index is 6.04. The summed E-state index contributed by atoms with van der Waals surface area (Å²) in [6.07, 6.45) is 1.09. The normalized spacial score (nSPS) is 14.7. The molecular weight excluding hydrogens is 287 g/mol. The van der Waals surface area contributed by atoms with Crippen molar-refractivity contribution in [2.75, 3.05) is 11.4 Å². The summed E-state index contributed by atoms with van der Waals surface area (Å²) in [7, 11) is 0. The van der Waals surface area contributed by atoms with Crippen molar-refractivity contribution in [3.05, 3.63) is 44.7 Å². The summed E-state index contributed by atoms with van der Waals surface area (Å²) in [6.45, 7) is 1.93. The van der Waals surface area contributed by atoms with Crippen molar-refractivity contribution in [1.29, 1.82) is 0 Å². The Morgan fingerprint density at radius 3 is 3.06 bits per heavy atom. The van der Waals surface area contributed by atoms with Crippen molar-refractivity contribution in [3.8, 4) is 0 Å². The fourth-order valence-corrected chi connectivity index (χ4v) is 3.52. The van der Waals surface area contributed by atoms with Crippen LogP contribution in [-0.2, 0) is 18.8 Å². The number of halogens is 2. The van der Waals surface area contributed by atoms with Crippen LogP contribution in [0.3, 0.4) is 0 Å². The van der Waals surface area contributed by atoms with E-state index >= 15 is 0 Å². The van der Waals surface area contributed by atoms with Crippen LogP contribution in [0.2, 0.25) is 5.02 Å². The van der Waals surface area contributed by atoms with Gasteiger partial charge in [-0.05, 0) is 35.6 Å². The lowest BCUT2D eigenvalue weighted by Gasteiger charge is -2.28. The van der Waals surface area contributed by atoms with Crippen LogP contribution in [0.25, 0.3) is 0 Å². The summed E-state index contributed by atoms with van der Waals surface area (Å²) in [5, 5.41) is 2.80. The fraction of sp³-hybridized carbons (Fsp3) is 0.308. The first-order chi connectivity index (χ1) is 8.78. The Balaban J connectivity index is 1.88. The first-order valence-corrected chi connectivity index (χ1v) is 7.58. The van der Waals surface area contributed by atoms with Gasteiger partial charge in [-0.25, -0.2) is 4.98 Å². The van der Waals surface area contributed by atoms with Gasteiger partial charge in [0.15, 0.2) is 0 Å². The number of fused-ring (bicyclic) bond motifs is 1. The molecule has 94 valence electrons. The predicted molar refractivity (Wildman–Crippen MR) is 77.9 cm³/mol. The zero-order valence-electron chi connectivity index (χ0n) is 9.70. The molecule has 3 heterocycles. The summed E-state index contributed by atoms with van der Waals surface area (Å²) in [5.74, 6) is 1.32. The average Bonchev–Trinajstić information content (AvgIpc) is 2.86. The first kappa shape index (κ1) is 12.3. The lowest BCUT2D eigenvalue weighted by molar-refractivity contribution is 0.730. The Hall–Kier alpha value is -0.770. The molecule has 2 aromatic heterocycles. The van der Waals surface area contributed by atoms with Crippen molar-refractivity contribution >= 4 is 40.4 Å². The minimum Gasteiger partial charge on any atom is -0.352 e. The molecule has 2 aromatic rings. The smallest absolute Gasteiger partial charge is 0.129 e. The van der Waals surface area contributed by atoms with Gasteiger partial charge in [-0.2, -0.15) is 0 Å². The molecule has 0 unspecified atom stereocenters. The molecule has 0 saturated heterocycles. The summed E-state index contributed by atoms with van der Waals surface area (Å²) in [6, 6.07) is 6.05. The monoisotopic (exact) mass is 298 g/mol. The third kappa shape index (κ3) is 2.22. The molecule has 0 fully saturated rings.